The van der Waals surface area contributed by atoms with Crippen LogP contribution in [-0.2, 0) is 4.79 Å². The van der Waals surface area contributed by atoms with Crippen molar-refractivity contribution in [1.82, 2.24) is 15.5 Å². The molecule has 92 valence electrons. The van der Waals surface area contributed by atoms with Crippen LogP contribution in [0, 0.1) is 0 Å². The van der Waals surface area contributed by atoms with Crippen molar-refractivity contribution in [2.24, 2.45) is 4.99 Å². The summed E-state index contributed by atoms with van der Waals surface area (Å²) in [5.74, 6) is 0.803. The van der Waals surface area contributed by atoms with Crippen LogP contribution < -0.4 is 10.6 Å². The van der Waals surface area contributed by atoms with Crippen LogP contribution in [-0.4, -0.2) is 50.5 Å². The Labute approximate surface area is 97.6 Å². The van der Waals surface area contributed by atoms with Gasteiger partial charge in [-0.2, -0.15) is 0 Å². The van der Waals surface area contributed by atoms with Crippen molar-refractivity contribution in [3.63, 3.8) is 0 Å². The Kier molecular flexibility index (Phi) is 7.93. The number of guanidine groups is 1. The highest BCUT2D eigenvalue weighted by atomic mass is 16.2. The molecule has 0 fully saturated rings. The zero-order valence-corrected chi connectivity index (χ0v) is 10.4. The van der Waals surface area contributed by atoms with Gasteiger partial charge in [-0.15, -0.1) is 6.58 Å². The van der Waals surface area contributed by atoms with Crippen LogP contribution >= 0.6 is 0 Å². The predicted octanol–water partition coefficient (Wildman–Crippen LogP) is 0.206. The van der Waals surface area contributed by atoms with Crippen LogP contribution in [0.1, 0.15) is 13.3 Å². The number of nitrogens with one attached hydrogen (secondary N) is 2. The maximum atomic E-state index is 11.3. The van der Waals surface area contributed by atoms with Crippen molar-refractivity contribution in [3.8, 4) is 0 Å². The molecule has 0 aromatic carbocycles. The fraction of sp³-hybridized carbons (Fsp3) is 0.636. The summed E-state index contributed by atoms with van der Waals surface area (Å²) in [5, 5.41) is 6.16. The minimum absolute atomic E-state index is 0.0864. The summed E-state index contributed by atoms with van der Waals surface area (Å²) in [4.78, 5) is 17.1. The second kappa shape index (κ2) is 8.76. The lowest BCUT2D eigenvalue weighted by Gasteiger charge is -2.11. The van der Waals surface area contributed by atoms with Gasteiger partial charge in [-0.25, -0.2) is 0 Å². The highest BCUT2D eigenvalue weighted by Gasteiger charge is 2.02. The molecule has 0 saturated carbocycles. The summed E-state index contributed by atoms with van der Waals surface area (Å²) in [6.07, 6.45) is 2.19. The van der Waals surface area contributed by atoms with E-state index in [1.54, 1.807) is 25.1 Å². The minimum atomic E-state index is 0.0864. The summed E-state index contributed by atoms with van der Waals surface area (Å²) in [6.45, 7) is 7.56. The molecule has 0 aromatic heterocycles. The third-order valence-corrected chi connectivity index (χ3v) is 1.85. The molecule has 0 spiro atoms. The fourth-order valence-corrected chi connectivity index (χ4v) is 0.998. The first kappa shape index (κ1) is 14.5. The number of amides is 1. The lowest BCUT2D eigenvalue weighted by molar-refractivity contribution is -0.128. The number of hydrogen-bond acceptors (Lipinski definition) is 2. The van der Waals surface area contributed by atoms with Crippen molar-refractivity contribution >= 4 is 11.9 Å². The molecule has 0 rings (SSSR count). The molecule has 0 unspecified atom stereocenters. The maximum absolute atomic E-state index is 11.3. The highest BCUT2D eigenvalue weighted by Crippen LogP contribution is 1.88. The number of rotatable bonds is 6. The maximum Gasteiger partial charge on any atom is 0.223 e. The first-order valence-electron chi connectivity index (χ1n) is 5.45. The molecule has 0 atom stereocenters. The largest absolute Gasteiger partial charge is 0.357 e. The summed E-state index contributed by atoms with van der Waals surface area (Å²) in [5.41, 5.74) is 0. The Bertz CT molecular complexity index is 248. The zero-order valence-electron chi connectivity index (χ0n) is 10.4. The van der Waals surface area contributed by atoms with Gasteiger partial charge < -0.3 is 15.5 Å². The van der Waals surface area contributed by atoms with Gasteiger partial charge in [0.25, 0.3) is 0 Å². The smallest absolute Gasteiger partial charge is 0.223 e. The van der Waals surface area contributed by atoms with Crippen molar-refractivity contribution < 1.29 is 4.79 Å². The van der Waals surface area contributed by atoms with Gasteiger partial charge in [0.2, 0.25) is 5.91 Å². The van der Waals surface area contributed by atoms with E-state index >= 15 is 0 Å². The number of carbonyl (C=O) groups is 1. The van der Waals surface area contributed by atoms with E-state index in [4.69, 9.17) is 0 Å². The molecule has 0 aliphatic carbocycles. The van der Waals surface area contributed by atoms with Crippen LogP contribution in [0.3, 0.4) is 0 Å². The molecule has 0 saturated heterocycles. The molecule has 0 aliphatic heterocycles. The van der Waals surface area contributed by atoms with Crippen LogP contribution in [0.4, 0.5) is 0 Å². The van der Waals surface area contributed by atoms with Gasteiger partial charge >= 0.3 is 0 Å². The lowest BCUT2D eigenvalue weighted by atomic mass is 10.4. The van der Waals surface area contributed by atoms with Crippen LogP contribution in [0.5, 0.6) is 0 Å². The monoisotopic (exact) mass is 226 g/mol. The van der Waals surface area contributed by atoms with Crippen LogP contribution in [0.2, 0.25) is 0 Å². The lowest BCUT2D eigenvalue weighted by Crippen LogP contribution is -2.37. The normalized spacial score (nSPS) is 10.8. The second-order valence-electron chi connectivity index (χ2n) is 3.47. The van der Waals surface area contributed by atoms with Crippen molar-refractivity contribution in [1.29, 1.82) is 0 Å². The molecule has 0 radical (unpaired) electrons. The zero-order chi connectivity index (χ0) is 12.4. The highest BCUT2D eigenvalue weighted by molar-refractivity contribution is 5.80. The van der Waals surface area contributed by atoms with Crippen molar-refractivity contribution in [2.45, 2.75) is 13.3 Å². The van der Waals surface area contributed by atoms with E-state index in [0.29, 0.717) is 25.5 Å². The number of nitrogens with zero attached hydrogens (tertiary/aromatic N) is 2. The summed E-state index contributed by atoms with van der Waals surface area (Å²) < 4.78 is 0. The topological polar surface area (TPSA) is 56.7 Å². The standard InChI is InChI=1S/C11H22N4O/c1-5-8-13-11(12-6-2)14-9-7-10(16)15(3)4/h5H,1,6-9H2,2-4H3,(H2,12,13,14). The van der Waals surface area contributed by atoms with Gasteiger partial charge in [-0.3, -0.25) is 9.79 Å². The summed E-state index contributed by atoms with van der Waals surface area (Å²) in [7, 11) is 3.49. The van der Waals surface area contributed by atoms with Gasteiger partial charge in [-0.05, 0) is 6.92 Å². The third-order valence-electron chi connectivity index (χ3n) is 1.85. The molecule has 5 heteroatoms. The molecule has 5 nitrogen and oxygen atoms in total. The molecule has 0 aliphatic rings. The molecule has 0 bridgehead atoms. The number of aliphatic imine (C=N–C) groups is 1. The summed E-state index contributed by atoms with van der Waals surface area (Å²) in [6, 6.07) is 0. The first-order chi connectivity index (χ1) is 7.61. The van der Waals surface area contributed by atoms with Crippen LogP contribution in [0.15, 0.2) is 17.6 Å². The van der Waals surface area contributed by atoms with E-state index < -0.39 is 0 Å². The minimum Gasteiger partial charge on any atom is -0.357 e. The quantitative estimate of drug-likeness (QED) is 0.386. The SMILES string of the molecule is C=CCNC(=NCCC(=O)N(C)C)NCC. The Balaban J connectivity index is 4.01. The second-order valence-corrected chi connectivity index (χ2v) is 3.47. The molecule has 2 N–H and O–H groups in total. The Morgan fingerprint density at radius 2 is 2.12 bits per heavy atom. The van der Waals surface area contributed by atoms with Crippen molar-refractivity contribution in [2.75, 3.05) is 33.7 Å². The molecule has 0 heterocycles. The molecular weight excluding hydrogens is 204 g/mol. The Hall–Kier alpha value is -1.52. The van der Waals surface area contributed by atoms with Crippen molar-refractivity contribution in [3.05, 3.63) is 12.7 Å². The van der Waals surface area contributed by atoms with E-state index in [1.807, 2.05) is 6.92 Å². The molecular formula is C11H22N4O. The Morgan fingerprint density at radius 3 is 2.62 bits per heavy atom. The van der Waals surface area contributed by atoms with E-state index in [2.05, 4.69) is 22.2 Å². The molecule has 16 heavy (non-hydrogen) atoms. The van der Waals surface area contributed by atoms with E-state index in [9.17, 15) is 4.79 Å². The van der Waals surface area contributed by atoms with Gasteiger partial charge in [0.1, 0.15) is 0 Å². The van der Waals surface area contributed by atoms with E-state index in [1.165, 1.54) is 0 Å². The average Bonchev–Trinajstić information content (AvgIpc) is 2.25. The van der Waals surface area contributed by atoms with Gasteiger partial charge in [0, 0.05) is 33.6 Å². The first-order valence-corrected chi connectivity index (χ1v) is 5.45. The van der Waals surface area contributed by atoms with E-state index in [0.717, 1.165) is 6.54 Å². The third kappa shape index (κ3) is 6.86. The number of carbonyl (C=O) groups excluding carboxylic acids is 1. The van der Waals surface area contributed by atoms with E-state index in [-0.39, 0.29) is 5.91 Å². The molecule has 1 amide bonds. The van der Waals surface area contributed by atoms with Crippen LogP contribution in [0.25, 0.3) is 0 Å². The predicted molar refractivity (Wildman–Crippen MR) is 67.5 cm³/mol. The molecule has 0 aromatic rings. The average molecular weight is 226 g/mol. The van der Waals surface area contributed by atoms with Gasteiger partial charge in [0.15, 0.2) is 5.96 Å². The Morgan fingerprint density at radius 1 is 1.44 bits per heavy atom. The van der Waals surface area contributed by atoms with Gasteiger partial charge in [0.05, 0.1) is 6.54 Å². The fourth-order valence-electron chi connectivity index (χ4n) is 0.998. The number of hydrogen-bond donors (Lipinski definition) is 2. The van der Waals surface area contributed by atoms with Gasteiger partial charge in [-0.1, -0.05) is 6.08 Å². The summed E-state index contributed by atoms with van der Waals surface area (Å²) >= 11 is 0.